The molecule has 0 saturated carbocycles. The standard InChI is InChI=1S/C20H17ClF4N4O2S/c1-9(2)27-17(26)15-18(30)29-32-19(15)28-10-6-7-13(12(22)8-10)31-14-5-3-4-11(16(14)21)20(23,24)25/h3-9,28H,1-2H3,(H2,26,27)(H,29,30). The molecule has 3 rings (SSSR count). The summed E-state index contributed by atoms with van der Waals surface area (Å²) in [4.78, 5) is 0. The van der Waals surface area contributed by atoms with Crippen LogP contribution in [0.4, 0.5) is 28.3 Å². The van der Waals surface area contributed by atoms with Gasteiger partial charge in [-0.2, -0.15) is 17.5 Å². The zero-order chi connectivity index (χ0) is 23.6. The van der Waals surface area contributed by atoms with Gasteiger partial charge < -0.3 is 20.5 Å². The first-order chi connectivity index (χ1) is 15.0. The van der Waals surface area contributed by atoms with E-state index in [1.165, 1.54) is 18.2 Å². The minimum absolute atomic E-state index is 0.0617. The molecule has 0 amide bonds. The van der Waals surface area contributed by atoms with Crippen molar-refractivity contribution in [1.29, 1.82) is 5.41 Å². The molecule has 3 aromatic rings. The van der Waals surface area contributed by atoms with E-state index in [4.69, 9.17) is 21.7 Å². The number of halogens is 5. The lowest BCUT2D eigenvalue weighted by atomic mass is 10.2. The number of hydrogen-bond acceptors (Lipinski definition) is 6. The van der Waals surface area contributed by atoms with E-state index in [9.17, 15) is 22.7 Å². The lowest BCUT2D eigenvalue weighted by Crippen LogP contribution is -2.30. The Labute approximate surface area is 189 Å². The number of anilines is 2. The van der Waals surface area contributed by atoms with Crippen molar-refractivity contribution in [2.24, 2.45) is 0 Å². The molecule has 1 heterocycles. The van der Waals surface area contributed by atoms with E-state index >= 15 is 0 Å². The van der Waals surface area contributed by atoms with Crippen LogP contribution in [0.3, 0.4) is 0 Å². The van der Waals surface area contributed by atoms with Gasteiger partial charge >= 0.3 is 6.18 Å². The number of nitrogens with zero attached hydrogens (tertiary/aromatic N) is 1. The van der Waals surface area contributed by atoms with E-state index in [0.29, 0.717) is 5.00 Å². The quantitative estimate of drug-likeness (QED) is 0.180. The lowest BCUT2D eigenvalue weighted by Gasteiger charge is -2.14. The highest BCUT2D eigenvalue weighted by atomic mass is 35.5. The average molecular weight is 489 g/mol. The van der Waals surface area contributed by atoms with Gasteiger partial charge in [0.15, 0.2) is 11.6 Å². The monoisotopic (exact) mass is 488 g/mol. The van der Waals surface area contributed by atoms with Crippen molar-refractivity contribution in [2.45, 2.75) is 26.1 Å². The number of ether oxygens (including phenoxy) is 1. The summed E-state index contributed by atoms with van der Waals surface area (Å²) in [6.45, 7) is 3.65. The van der Waals surface area contributed by atoms with Gasteiger partial charge in [0.2, 0.25) is 5.88 Å². The van der Waals surface area contributed by atoms with E-state index in [-0.39, 0.29) is 40.5 Å². The molecule has 0 aliphatic rings. The summed E-state index contributed by atoms with van der Waals surface area (Å²) >= 11 is 6.66. The highest BCUT2D eigenvalue weighted by Gasteiger charge is 2.34. The van der Waals surface area contributed by atoms with E-state index in [1.807, 2.05) is 13.8 Å². The number of hydrogen-bond donors (Lipinski definition) is 4. The van der Waals surface area contributed by atoms with Crippen LogP contribution < -0.4 is 15.4 Å². The molecule has 0 unspecified atom stereocenters. The van der Waals surface area contributed by atoms with Crippen LogP contribution >= 0.6 is 23.1 Å². The van der Waals surface area contributed by atoms with Gasteiger partial charge in [0.1, 0.15) is 22.1 Å². The predicted octanol–water partition coefficient (Wildman–Crippen LogP) is 6.52. The number of rotatable bonds is 6. The molecule has 0 aliphatic heterocycles. The topological polar surface area (TPSA) is 90.3 Å². The average Bonchev–Trinajstić information content (AvgIpc) is 3.04. The minimum atomic E-state index is -4.68. The summed E-state index contributed by atoms with van der Waals surface area (Å²) in [5.74, 6) is -1.96. The molecule has 6 nitrogen and oxygen atoms in total. The van der Waals surface area contributed by atoms with Crippen LogP contribution in [0.1, 0.15) is 25.0 Å². The van der Waals surface area contributed by atoms with E-state index in [0.717, 1.165) is 29.7 Å². The number of amidine groups is 1. The molecule has 0 bridgehead atoms. The molecule has 0 saturated heterocycles. The zero-order valence-electron chi connectivity index (χ0n) is 16.6. The van der Waals surface area contributed by atoms with Crippen LogP contribution in [0.5, 0.6) is 17.4 Å². The van der Waals surface area contributed by atoms with Crippen molar-refractivity contribution < 1.29 is 27.4 Å². The fraction of sp³-hybridized carbons (Fsp3) is 0.200. The maximum Gasteiger partial charge on any atom is 0.417 e. The van der Waals surface area contributed by atoms with Crippen molar-refractivity contribution in [2.75, 3.05) is 5.32 Å². The van der Waals surface area contributed by atoms with Crippen LogP contribution in [0.2, 0.25) is 5.02 Å². The summed E-state index contributed by atoms with van der Waals surface area (Å²) in [7, 11) is 0. The van der Waals surface area contributed by atoms with Crippen molar-refractivity contribution in [3.63, 3.8) is 0 Å². The van der Waals surface area contributed by atoms with E-state index in [2.05, 4.69) is 15.0 Å². The summed E-state index contributed by atoms with van der Waals surface area (Å²) in [5, 5.41) is 23.4. The molecule has 0 spiro atoms. The Morgan fingerprint density at radius 2 is 1.94 bits per heavy atom. The van der Waals surface area contributed by atoms with Gasteiger partial charge in [0.25, 0.3) is 0 Å². The highest BCUT2D eigenvalue weighted by Crippen LogP contribution is 2.41. The second-order valence-electron chi connectivity index (χ2n) is 6.87. The van der Waals surface area contributed by atoms with Crippen LogP contribution in [0.15, 0.2) is 36.4 Å². The Hall–Kier alpha value is -3.05. The number of alkyl halides is 3. The fourth-order valence-corrected chi connectivity index (χ4v) is 3.66. The van der Waals surface area contributed by atoms with Crippen LogP contribution in [-0.4, -0.2) is 21.4 Å². The van der Waals surface area contributed by atoms with Gasteiger partial charge in [-0.15, -0.1) is 0 Å². The summed E-state index contributed by atoms with van der Waals surface area (Å²) in [6, 6.07) is 6.72. The third-order valence-electron chi connectivity index (χ3n) is 4.04. The second kappa shape index (κ2) is 9.21. The molecule has 1 aromatic heterocycles. The maximum atomic E-state index is 14.6. The van der Waals surface area contributed by atoms with E-state index < -0.39 is 22.6 Å². The fourth-order valence-electron chi connectivity index (χ4n) is 2.67. The molecular formula is C20H17ClF4N4O2S. The lowest BCUT2D eigenvalue weighted by molar-refractivity contribution is -0.137. The minimum Gasteiger partial charge on any atom is -0.492 e. The summed E-state index contributed by atoms with van der Waals surface area (Å²) in [5.41, 5.74) is -0.724. The first-order valence-corrected chi connectivity index (χ1v) is 10.3. The molecule has 0 atom stereocenters. The van der Waals surface area contributed by atoms with Crippen LogP contribution in [0, 0.1) is 11.2 Å². The highest BCUT2D eigenvalue weighted by molar-refractivity contribution is 7.11. The van der Waals surface area contributed by atoms with Gasteiger partial charge in [-0.05, 0) is 49.6 Å². The van der Waals surface area contributed by atoms with Gasteiger partial charge in [-0.1, -0.05) is 17.7 Å². The Balaban J connectivity index is 1.83. The summed E-state index contributed by atoms with van der Waals surface area (Å²) in [6.07, 6.45) is -4.68. The maximum absolute atomic E-state index is 14.6. The zero-order valence-corrected chi connectivity index (χ0v) is 18.2. The van der Waals surface area contributed by atoms with Crippen molar-refractivity contribution in [3.8, 4) is 17.4 Å². The molecule has 0 fully saturated rings. The Morgan fingerprint density at radius 3 is 2.56 bits per heavy atom. The summed E-state index contributed by atoms with van der Waals surface area (Å²) < 4.78 is 62.7. The molecule has 170 valence electrons. The largest absolute Gasteiger partial charge is 0.492 e. The molecule has 12 heteroatoms. The SMILES string of the molecule is CC(C)NC(=N)c1c(O)nsc1Nc1ccc(Oc2cccc(C(F)(F)F)c2Cl)c(F)c1. The molecular weight excluding hydrogens is 472 g/mol. The molecule has 2 aromatic carbocycles. The number of aromatic hydroxyl groups is 1. The Kier molecular flexibility index (Phi) is 6.79. The molecule has 4 N–H and O–H groups in total. The van der Waals surface area contributed by atoms with Crippen molar-refractivity contribution >= 4 is 39.7 Å². The van der Waals surface area contributed by atoms with Gasteiger partial charge in [0, 0.05) is 17.8 Å². The first kappa shape index (κ1) is 23.6. The molecule has 0 radical (unpaired) electrons. The van der Waals surface area contributed by atoms with Crippen molar-refractivity contribution in [3.05, 3.63) is 58.4 Å². The van der Waals surface area contributed by atoms with E-state index in [1.54, 1.807) is 0 Å². The predicted molar refractivity (Wildman–Crippen MR) is 115 cm³/mol. The number of nitrogens with one attached hydrogen (secondary N) is 3. The van der Waals surface area contributed by atoms with Crippen LogP contribution in [0.25, 0.3) is 0 Å². The van der Waals surface area contributed by atoms with Gasteiger partial charge in [-0.3, -0.25) is 5.41 Å². The number of benzene rings is 2. The molecule has 0 aliphatic carbocycles. The van der Waals surface area contributed by atoms with Gasteiger partial charge in [-0.25, -0.2) is 4.39 Å². The smallest absolute Gasteiger partial charge is 0.417 e. The van der Waals surface area contributed by atoms with Crippen LogP contribution in [-0.2, 0) is 6.18 Å². The molecule has 32 heavy (non-hydrogen) atoms. The Bertz CT molecular complexity index is 1150. The van der Waals surface area contributed by atoms with Crippen molar-refractivity contribution in [1.82, 2.24) is 9.69 Å². The third-order valence-corrected chi connectivity index (χ3v) is 5.18. The van der Waals surface area contributed by atoms with Gasteiger partial charge in [0.05, 0.1) is 10.6 Å². The number of aromatic nitrogens is 1. The third kappa shape index (κ3) is 5.22. The second-order valence-corrected chi connectivity index (χ2v) is 8.02. The normalized spacial score (nSPS) is 11.5. The Morgan fingerprint density at radius 1 is 1.22 bits per heavy atom. The first-order valence-electron chi connectivity index (χ1n) is 9.11.